The van der Waals surface area contributed by atoms with Gasteiger partial charge >= 0.3 is 0 Å². The minimum absolute atomic E-state index is 0.139. The minimum Gasteiger partial charge on any atom is -0.399 e. The molecule has 1 aromatic carbocycles. The topological polar surface area (TPSA) is 102 Å². The molecule has 0 aliphatic heterocycles. The van der Waals surface area contributed by atoms with Gasteiger partial charge in [-0.25, -0.2) is 4.98 Å². The maximum Gasteiger partial charge on any atom is 0.266 e. The number of anilines is 1. The molecular weight excluding hydrogens is 288 g/mol. The summed E-state index contributed by atoms with van der Waals surface area (Å²) >= 11 is 1.29. The van der Waals surface area contributed by atoms with E-state index in [-0.39, 0.29) is 12.5 Å². The van der Waals surface area contributed by atoms with Crippen LogP contribution in [0.4, 0.5) is 5.69 Å². The Morgan fingerprint density at radius 3 is 2.48 bits per heavy atom. The number of rotatable bonds is 5. The number of nitrogens with zero attached hydrogens (tertiary/aromatic N) is 2. The summed E-state index contributed by atoms with van der Waals surface area (Å²) in [6, 6.07) is 7.13. The third kappa shape index (κ3) is 4.03. The fourth-order valence-electron chi connectivity index (χ4n) is 1.85. The largest absolute Gasteiger partial charge is 0.399 e. The van der Waals surface area contributed by atoms with Crippen molar-refractivity contribution in [3.05, 3.63) is 45.9 Å². The molecule has 1 heterocycles. The minimum atomic E-state index is -0.556. The molecule has 0 atom stereocenters. The zero-order chi connectivity index (χ0) is 15.4. The van der Waals surface area contributed by atoms with Crippen LogP contribution in [0.15, 0.2) is 30.5 Å². The normalized spacial score (nSPS) is 10.3. The molecule has 0 radical (unpaired) electrons. The lowest BCUT2D eigenvalue weighted by atomic mass is 10.2. The van der Waals surface area contributed by atoms with E-state index < -0.39 is 5.91 Å². The first-order valence-corrected chi connectivity index (χ1v) is 7.12. The number of aromatic nitrogens is 1. The van der Waals surface area contributed by atoms with Crippen molar-refractivity contribution >= 4 is 28.8 Å². The highest BCUT2D eigenvalue weighted by Crippen LogP contribution is 2.16. The summed E-state index contributed by atoms with van der Waals surface area (Å²) in [7, 11) is 0. The Morgan fingerprint density at radius 2 is 1.95 bits per heavy atom. The Hall–Kier alpha value is -2.41. The van der Waals surface area contributed by atoms with Crippen molar-refractivity contribution in [3.8, 4) is 0 Å². The van der Waals surface area contributed by atoms with Gasteiger partial charge in [0.15, 0.2) is 0 Å². The van der Waals surface area contributed by atoms with Crippen molar-refractivity contribution in [2.24, 2.45) is 5.73 Å². The van der Waals surface area contributed by atoms with Gasteiger partial charge in [-0.2, -0.15) is 0 Å². The SMILES string of the molecule is Cc1ncc(C(=O)N(CC(N)=O)Cc2ccc(N)cc2)s1. The summed E-state index contributed by atoms with van der Waals surface area (Å²) in [6.07, 6.45) is 1.51. The molecule has 0 saturated heterocycles. The molecular formula is C14H16N4O2S. The van der Waals surface area contributed by atoms with Crippen LogP contribution >= 0.6 is 11.3 Å². The van der Waals surface area contributed by atoms with E-state index in [1.54, 1.807) is 12.1 Å². The molecule has 0 aliphatic carbocycles. The van der Waals surface area contributed by atoms with E-state index in [0.717, 1.165) is 10.6 Å². The maximum atomic E-state index is 12.4. The monoisotopic (exact) mass is 304 g/mol. The molecule has 2 aromatic rings. The quantitative estimate of drug-likeness (QED) is 0.809. The number of primary amides is 1. The van der Waals surface area contributed by atoms with Gasteiger partial charge in [-0.15, -0.1) is 11.3 Å². The van der Waals surface area contributed by atoms with Gasteiger partial charge in [0.1, 0.15) is 11.4 Å². The van der Waals surface area contributed by atoms with Crippen molar-refractivity contribution in [1.82, 2.24) is 9.88 Å². The Kier molecular flexibility index (Phi) is 4.54. The lowest BCUT2D eigenvalue weighted by Crippen LogP contribution is -2.37. The highest BCUT2D eigenvalue weighted by molar-refractivity contribution is 7.13. The predicted octanol–water partition coefficient (Wildman–Crippen LogP) is 1.16. The van der Waals surface area contributed by atoms with E-state index >= 15 is 0 Å². The van der Waals surface area contributed by atoms with E-state index in [2.05, 4.69) is 4.98 Å². The van der Waals surface area contributed by atoms with Crippen LogP contribution in [0.5, 0.6) is 0 Å². The van der Waals surface area contributed by atoms with Crippen LogP contribution in [0.25, 0.3) is 0 Å². The molecule has 0 aliphatic rings. The average molecular weight is 304 g/mol. The maximum absolute atomic E-state index is 12.4. The van der Waals surface area contributed by atoms with Crippen molar-refractivity contribution < 1.29 is 9.59 Å². The second-order valence-corrected chi connectivity index (χ2v) is 5.85. The first kappa shape index (κ1) is 15.0. The van der Waals surface area contributed by atoms with E-state index in [0.29, 0.717) is 17.1 Å². The van der Waals surface area contributed by atoms with E-state index in [1.807, 2.05) is 19.1 Å². The van der Waals surface area contributed by atoms with Gasteiger partial charge in [0.25, 0.3) is 5.91 Å². The number of amides is 2. The Morgan fingerprint density at radius 1 is 1.29 bits per heavy atom. The van der Waals surface area contributed by atoms with E-state index in [1.165, 1.54) is 22.4 Å². The van der Waals surface area contributed by atoms with Gasteiger partial charge < -0.3 is 16.4 Å². The second-order valence-electron chi connectivity index (χ2n) is 4.61. The summed E-state index contributed by atoms with van der Waals surface area (Å²) in [5.74, 6) is -0.809. The van der Waals surface area contributed by atoms with Gasteiger partial charge in [-0.05, 0) is 24.6 Å². The number of thiazole rings is 1. The number of benzene rings is 1. The van der Waals surface area contributed by atoms with Gasteiger partial charge in [-0.3, -0.25) is 9.59 Å². The van der Waals surface area contributed by atoms with E-state index in [4.69, 9.17) is 11.5 Å². The van der Waals surface area contributed by atoms with Crippen LogP contribution in [0.3, 0.4) is 0 Å². The Labute approximate surface area is 126 Å². The van der Waals surface area contributed by atoms with Gasteiger partial charge in [0.05, 0.1) is 11.2 Å². The zero-order valence-corrected chi connectivity index (χ0v) is 12.4. The molecule has 4 N–H and O–H groups in total. The number of carbonyl (C=O) groups is 2. The molecule has 0 unspecified atom stereocenters. The number of nitrogen functional groups attached to an aromatic ring is 1. The lowest BCUT2D eigenvalue weighted by molar-refractivity contribution is -0.118. The lowest BCUT2D eigenvalue weighted by Gasteiger charge is -2.20. The molecule has 1 aromatic heterocycles. The second kappa shape index (κ2) is 6.36. The molecule has 0 fully saturated rings. The van der Waals surface area contributed by atoms with Gasteiger partial charge in [-0.1, -0.05) is 12.1 Å². The fourth-order valence-corrected chi connectivity index (χ4v) is 2.59. The smallest absolute Gasteiger partial charge is 0.266 e. The Bertz CT molecular complexity index is 651. The van der Waals surface area contributed by atoms with Crippen molar-refractivity contribution in [2.45, 2.75) is 13.5 Å². The molecule has 0 bridgehead atoms. The van der Waals surface area contributed by atoms with Crippen LogP contribution in [-0.2, 0) is 11.3 Å². The van der Waals surface area contributed by atoms with Crippen LogP contribution in [0, 0.1) is 6.92 Å². The number of nitrogens with two attached hydrogens (primary N) is 2. The molecule has 0 spiro atoms. The number of aryl methyl sites for hydroxylation is 1. The van der Waals surface area contributed by atoms with Crippen LogP contribution in [0.1, 0.15) is 20.2 Å². The fraction of sp³-hybridized carbons (Fsp3) is 0.214. The number of carbonyl (C=O) groups excluding carboxylic acids is 2. The molecule has 2 rings (SSSR count). The van der Waals surface area contributed by atoms with Crippen molar-refractivity contribution in [1.29, 1.82) is 0 Å². The summed E-state index contributed by atoms with van der Waals surface area (Å²) in [4.78, 5) is 29.6. The number of hydrogen-bond donors (Lipinski definition) is 2. The summed E-state index contributed by atoms with van der Waals surface area (Å²) < 4.78 is 0. The molecule has 7 heteroatoms. The van der Waals surface area contributed by atoms with Gasteiger partial charge in [0, 0.05) is 12.2 Å². The van der Waals surface area contributed by atoms with Crippen molar-refractivity contribution in [3.63, 3.8) is 0 Å². The van der Waals surface area contributed by atoms with Crippen LogP contribution in [0.2, 0.25) is 0 Å². The molecule has 110 valence electrons. The summed E-state index contributed by atoms with van der Waals surface area (Å²) in [6.45, 7) is 1.97. The third-order valence-electron chi connectivity index (χ3n) is 2.82. The first-order valence-electron chi connectivity index (χ1n) is 6.30. The molecule has 6 nitrogen and oxygen atoms in total. The Balaban J connectivity index is 2.19. The highest BCUT2D eigenvalue weighted by atomic mass is 32.1. The average Bonchev–Trinajstić information content (AvgIpc) is 2.86. The van der Waals surface area contributed by atoms with Crippen molar-refractivity contribution in [2.75, 3.05) is 12.3 Å². The van der Waals surface area contributed by atoms with Crippen LogP contribution < -0.4 is 11.5 Å². The predicted molar refractivity (Wildman–Crippen MR) is 81.6 cm³/mol. The molecule has 21 heavy (non-hydrogen) atoms. The third-order valence-corrected chi connectivity index (χ3v) is 3.72. The van der Waals surface area contributed by atoms with E-state index in [9.17, 15) is 9.59 Å². The summed E-state index contributed by atoms with van der Waals surface area (Å²) in [5.41, 5.74) is 12.4. The zero-order valence-electron chi connectivity index (χ0n) is 11.6. The standard InChI is InChI=1S/C14H16N4O2S/c1-9-17-6-12(21-9)14(20)18(8-13(16)19)7-10-2-4-11(15)5-3-10/h2-6H,7-8,15H2,1H3,(H2,16,19). The number of hydrogen-bond acceptors (Lipinski definition) is 5. The summed E-state index contributed by atoms with van der Waals surface area (Å²) in [5, 5.41) is 0.796. The highest BCUT2D eigenvalue weighted by Gasteiger charge is 2.20. The molecule has 2 amide bonds. The van der Waals surface area contributed by atoms with Gasteiger partial charge in [0.2, 0.25) is 5.91 Å². The first-order chi connectivity index (χ1) is 9.95. The molecule has 0 saturated carbocycles. The van der Waals surface area contributed by atoms with Crippen LogP contribution in [-0.4, -0.2) is 28.2 Å².